The second-order valence-electron chi connectivity index (χ2n) is 3.96. The Morgan fingerprint density at radius 3 is 1.67 bits per heavy atom. The van der Waals surface area contributed by atoms with Gasteiger partial charge in [-0.25, -0.2) is 8.37 Å². The van der Waals surface area contributed by atoms with Crippen molar-refractivity contribution in [2.75, 3.05) is 0 Å². The van der Waals surface area contributed by atoms with Crippen LogP contribution in [0, 0.1) is 0 Å². The van der Waals surface area contributed by atoms with E-state index in [0.717, 1.165) is 38.5 Å². The van der Waals surface area contributed by atoms with E-state index < -0.39 is 10.4 Å². The lowest BCUT2D eigenvalue weighted by molar-refractivity contribution is 0.134. The zero-order chi connectivity index (χ0) is 11.3. The van der Waals surface area contributed by atoms with Crippen molar-refractivity contribution in [2.45, 2.75) is 64.6 Å². The van der Waals surface area contributed by atoms with Crippen LogP contribution in [0.3, 0.4) is 0 Å². The van der Waals surface area contributed by atoms with Crippen molar-refractivity contribution >= 4 is 10.4 Å². The van der Waals surface area contributed by atoms with Gasteiger partial charge in [0.2, 0.25) is 0 Å². The van der Waals surface area contributed by atoms with Crippen LogP contribution in [0.4, 0.5) is 0 Å². The van der Waals surface area contributed by atoms with Gasteiger partial charge in [-0.05, 0) is 12.8 Å². The van der Waals surface area contributed by atoms with Crippen LogP contribution in [0.2, 0.25) is 0 Å². The monoisotopic (exact) mass is 236 g/mol. The second kappa shape index (κ2) is 5.82. The maximum Gasteiger partial charge on any atom is 0.400 e. The molecule has 0 spiro atoms. The first-order valence-corrected chi connectivity index (χ1v) is 7.04. The SMILES string of the molecule is CCCC[C@H]1OS(=O)(=O)O[C@@H]1CCCC. The molecule has 1 aliphatic rings. The van der Waals surface area contributed by atoms with Gasteiger partial charge in [0.1, 0.15) is 12.2 Å². The van der Waals surface area contributed by atoms with Gasteiger partial charge in [0.15, 0.2) is 0 Å². The zero-order valence-corrected chi connectivity index (χ0v) is 10.3. The van der Waals surface area contributed by atoms with E-state index in [0.29, 0.717) is 0 Å². The molecule has 0 bridgehead atoms. The molecule has 1 saturated heterocycles. The average molecular weight is 236 g/mol. The molecular weight excluding hydrogens is 216 g/mol. The molecule has 0 aromatic carbocycles. The molecule has 1 fully saturated rings. The molecule has 0 radical (unpaired) electrons. The lowest BCUT2D eigenvalue weighted by Gasteiger charge is -2.13. The van der Waals surface area contributed by atoms with E-state index >= 15 is 0 Å². The van der Waals surface area contributed by atoms with Crippen molar-refractivity contribution in [3.8, 4) is 0 Å². The first-order chi connectivity index (χ1) is 7.09. The molecule has 0 aliphatic carbocycles. The van der Waals surface area contributed by atoms with Gasteiger partial charge >= 0.3 is 10.4 Å². The van der Waals surface area contributed by atoms with Crippen molar-refractivity contribution in [2.24, 2.45) is 0 Å². The van der Waals surface area contributed by atoms with Crippen LogP contribution in [0.5, 0.6) is 0 Å². The van der Waals surface area contributed by atoms with E-state index in [9.17, 15) is 8.42 Å². The predicted octanol–water partition coefficient (Wildman–Crippen LogP) is 2.40. The molecule has 1 heterocycles. The predicted molar refractivity (Wildman–Crippen MR) is 57.7 cm³/mol. The van der Waals surface area contributed by atoms with Gasteiger partial charge in [-0.1, -0.05) is 39.5 Å². The van der Waals surface area contributed by atoms with Crippen LogP contribution in [0.15, 0.2) is 0 Å². The minimum absolute atomic E-state index is 0.263. The summed E-state index contributed by atoms with van der Waals surface area (Å²) in [5.41, 5.74) is 0. The van der Waals surface area contributed by atoms with Crippen LogP contribution < -0.4 is 0 Å². The van der Waals surface area contributed by atoms with Crippen molar-refractivity contribution in [3.63, 3.8) is 0 Å². The Labute approximate surface area is 92.3 Å². The lowest BCUT2D eigenvalue weighted by Crippen LogP contribution is -2.22. The minimum Gasteiger partial charge on any atom is -0.242 e. The third-order valence-electron chi connectivity index (χ3n) is 2.58. The van der Waals surface area contributed by atoms with Crippen molar-refractivity contribution < 1.29 is 16.8 Å². The fourth-order valence-electron chi connectivity index (χ4n) is 1.73. The fraction of sp³-hybridized carbons (Fsp3) is 1.00. The molecule has 0 unspecified atom stereocenters. The smallest absolute Gasteiger partial charge is 0.242 e. The van der Waals surface area contributed by atoms with Crippen LogP contribution in [0.25, 0.3) is 0 Å². The van der Waals surface area contributed by atoms with E-state index in [1.54, 1.807) is 0 Å². The Bertz CT molecular complexity index is 251. The highest BCUT2D eigenvalue weighted by atomic mass is 32.3. The molecule has 90 valence electrons. The maximum absolute atomic E-state index is 11.1. The fourth-order valence-corrected chi connectivity index (χ4v) is 2.82. The summed E-state index contributed by atoms with van der Waals surface area (Å²) in [6.07, 6.45) is 5.05. The van der Waals surface area contributed by atoms with Gasteiger partial charge in [-0.3, -0.25) is 0 Å². The lowest BCUT2D eigenvalue weighted by atomic mass is 10.0. The Morgan fingerprint density at radius 1 is 0.933 bits per heavy atom. The van der Waals surface area contributed by atoms with Crippen molar-refractivity contribution in [1.82, 2.24) is 0 Å². The highest BCUT2D eigenvalue weighted by molar-refractivity contribution is 7.82. The molecule has 2 atom stereocenters. The van der Waals surface area contributed by atoms with Gasteiger partial charge in [-0.15, -0.1) is 0 Å². The summed E-state index contributed by atoms with van der Waals surface area (Å²) in [5, 5.41) is 0. The van der Waals surface area contributed by atoms with Gasteiger partial charge in [0.25, 0.3) is 0 Å². The zero-order valence-electron chi connectivity index (χ0n) is 9.44. The molecule has 0 N–H and O–H groups in total. The van der Waals surface area contributed by atoms with Gasteiger partial charge in [0.05, 0.1) is 0 Å². The Morgan fingerprint density at radius 2 is 1.33 bits per heavy atom. The molecule has 0 amide bonds. The van der Waals surface area contributed by atoms with Gasteiger partial charge in [-0.2, -0.15) is 8.42 Å². The summed E-state index contributed by atoms with van der Waals surface area (Å²) < 4.78 is 32.1. The Kier molecular flexibility index (Phi) is 5.02. The van der Waals surface area contributed by atoms with Crippen molar-refractivity contribution in [3.05, 3.63) is 0 Å². The highest BCUT2D eigenvalue weighted by Crippen LogP contribution is 2.27. The summed E-state index contributed by atoms with van der Waals surface area (Å²) >= 11 is 0. The van der Waals surface area contributed by atoms with E-state index in [1.165, 1.54) is 0 Å². The minimum atomic E-state index is -3.71. The Balaban J connectivity index is 2.49. The van der Waals surface area contributed by atoms with Gasteiger partial charge < -0.3 is 0 Å². The number of unbranched alkanes of at least 4 members (excludes halogenated alkanes) is 2. The molecule has 15 heavy (non-hydrogen) atoms. The standard InChI is InChI=1S/C10H20O4S/c1-3-5-7-9-10(8-6-4-2)14-15(11,12)13-9/h9-10H,3-8H2,1-2H3/t9-,10-/m1/s1. The third kappa shape index (κ3) is 4.09. The van der Waals surface area contributed by atoms with Crippen LogP contribution >= 0.6 is 0 Å². The summed E-state index contributed by atoms with van der Waals surface area (Å²) in [6.45, 7) is 4.15. The summed E-state index contributed by atoms with van der Waals surface area (Å²) in [5.74, 6) is 0. The second-order valence-corrected chi connectivity index (χ2v) is 5.16. The molecule has 1 aliphatic heterocycles. The molecule has 5 heteroatoms. The quantitative estimate of drug-likeness (QED) is 0.710. The molecule has 1 rings (SSSR count). The van der Waals surface area contributed by atoms with E-state index in [1.807, 2.05) is 0 Å². The Hall–Kier alpha value is -0.130. The van der Waals surface area contributed by atoms with Crippen LogP contribution in [0.1, 0.15) is 52.4 Å². The van der Waals surface area contributed by atoms with Crippen LogP contribution in [-0.2, 0) is 18.8 Å². The maximum atomic E-state index is 11.1. The first-order valence-electron chi connectivity index (χ1n) is 5.70. The molecule has 4 nitrogen and oxygen atoms in total. The number of hydrogen-bond acceptors (Lipinski definition) is 4. The van der Waals surface area contributed by atoms with E-state index in [2.05, 4.69) is 13.8 Å². The molecule has 0 aromatic heterocycles. The van der Waals surface area contributed by atoms with E-state index in [4.69, 9.17) is 8.37 Å². The number of rotatable bonds is 6. The average Bonchev–Trinajstić information content (AvgIpc) is 2.47. The van der Waals surface area contributed by atoms with E-state index in [-0.39, 0.29) is 12.2 Å². The molecule has 0 saturated carbocycles. The highest BCUT2D eigenvalue weighted by Gasteiger charge is 2.38. The summed E-state index contributed by atoms with van der Waals surface area (Å²) in [4.78, 5) is 0. The van der Waals surface area contributed by atoms with Gasteiger partial charge in [0, 0.05) is 0 Å². The normalized spacial score (nSPS) is 29.5. The third-order valence-corrected chi connectivity index (χ3v) is 3.55. The summed E-state index contributed by atoms with van der Waals surface area (Å²) in [7, 11) is -3.71. The number of hydrogen-bond donors (Lipinski definition) is 0. The first kappa shape index (κ1) is 12.9. The topological polar surface area (TPSA) is 52.6 Å². The van der Waals surface area contributed by atoms with Crippen LogP contribution in [-0.4, -0.2) is 20.6 Å². The molecule has 0 aromatic rings. The van der Waals surface area contributed by atoms with Crippen molar-refractivity contribution in [1.29, 1.82) is 0 Å². The molecular formula is C10H20O4S. The largest absolute Gasteiger partial charge is 0.400 e. The summed E-state index contributed by atoms with van der Waals surface area (Å²) in [6, 6.07) is 0.